The van der Waals surface area contributed by atoms with Gasteiger partial charge < -0.3 is 44.5 Å². The smallest absolute Gasteiger partial charge is 0.339 e. The summed E-state index contributed by atoms with van der Waals surface area (Å²) >= 11 is 0. The number of phenols is 2. The number of anilines is 2. The lowest BCUT2D eigenvalue weighted by Gasteiger charge is -2.08. The summed E-state index contributed by atoms with van der Waals surface area (Å²) in [5, 5.41) is 25.9. The van der Waals surface area contributed by atoms with Crippen molar-refractivity contribution in [2.24, 2.45) is 0 Å². The van der Waals surface area contributed by atoms with Crippen LogP contribution in [-0.2, 0) is 14.3 Å². The Hall–Kier alpha value is -6.90. The van der Waals surface area contributed by atoms with Gasteiger partial charge in [0.25, 0.3) is 0 Å². The highest BCUT2D eigenvalue weighted by molar-refractivity contribution is 5.94. The van der Waals surface area contributed by atoms with Crippen molar-refractivity contribution < 1.29 is 48.3 Å². The predicted octanol–water partition coefficient (Wildman–Crippen LogP) is 5.27. The lowest BCUT2D eigenvalue weighted by atomic mass is 10.1. The van der Waals surface area contributed by atoms with E-state index < -0.39 is 0 Å². The molecule has 2 aliphatic rings. The molecule has 0 atom stereocenters. The third kappa shape index (κ3) is 7.46. The molecule has 3 aromatic carbocycles. The lowest BCUT2D eigenvalue weighted by Crippen LogP contribution is -2.11. The van der Waals surface area contributed by atoms with Crippen molar-refractivity contribution >= 4 is 62.9 Å². The molecular weight excluding hydrogens is 650 g/mol. The Bertz CT molecular complexity index is 2240. The van der Waals surface area contributed by atoms with Gasteiger partial charge in [-0.2, -0.15) is 0 Å². The number of amides is 2. The Kier molecular flexibility index (Phi) is 9.56. The molecule has 254 valence electrons. The highest BCUT2D eigenvalue weighted by Gasteiger charge is 2.17. The summed E-state index contributed by atoms with van der Waals surface area (Å²) in [4.78, 5) is 44.8. The second-order valence-electron chi connectivity index (χ2n) is 11.0. The van der Waals surface area contributed by atoms with E-state index in [1.807, 2.05) is 38.1 Å². The molecule has 0 aliphatic carbocycles. The first-order valence-corrected chi connectivity index (χ1v) is 15.0. The number of fused-ring (bicyclic) bond motifs is 5. The topological polar surface area (TPSA) is 201 Å². The summed E-state index contributed by atoms with van der Waals surface area (Å²) in [5.41, 5.74) is 3.72. The van der Waals surface area contributed by atoms with Crippen molar-refractivity contribution in [1.29, 1.82) is 0 Å². The Morgan fingerprint density at radius 2 is 1.10 bits per heavy atom. The van der Waals surface area contributed by atoms with E-state index in [9.17, 15) is 24.6 Å². The van der Waals surface area contributed by atoms with Crippen molar-refractivity contribution in [3.63, 3.8) is 0 Å². The molecule has 4 N–H and O–H groups in total. The fourth-order valence-electron chi connectivity index (χ4n) is 4.88. The molecule has 50 heavy (non-hydrogen) atoms. The SMILES string of the molecule is CC(C)OC(=O)c1cnc2cc3c(cc2c1)OCO3.O=CNc1cnc2cc(O)c(O)cc2c1.O=CNc1cnc2cc3c(cc2c1)OCO3. The third-order valence-corrected chi connectivity index (χ3v) is 7.16. The van der Waals surface area contributed by atoms with Gasteiger partial charge in [-0.25, -0.2) is 4.79 Å². The number of carbonyl (C=O) groups is 3. The number of nitrogens with zero attached hydrogens (tertiary/aromatic N) is 3. The quantitative estimate of drug-likeness (QED) is 0.101. The Morgan fingerprint density at radius 1 is 0.660 bits per heavy atom. The second kappa shape index (κ2) is 14.5. The molecule has 0 fully saturated rings. The summed E-state index contributed by atoms with van der Waals surface area (Å²) in [6.45, 7) is 4.08. The molecule has 0 saturated heterocycles. The highest BCUT2D eigenvalue weighted by atomic mass is 16.7. The van der Waals surface area contributed by atoms with E-state index in [4.69, 9.17) is 23.7 Å². The fraction of sp³-hybridized carbons (Fsp3) is 0.143. The standard InChI is InChI=1S/C14H13NO4.C11H8N2O3.C10H8N2O3/c1-8(2)19-14(16)10-3-9-4-12-13(18-7-17-12)5-11(9)15-6-10;14-5-13-8-1-7-2-10-11(16-6-15-10)3-9(7)12-4-8;13-5-12-7-1-6-2-9(14)10(15)3-8(6)11-4-7/h3-6,8H,7H2,1-2H3;1-5H,6H2,(H,13,14);1-5,14-15H,(H,12,13). The zero-order chi connectivity index (χ0) is 35.2. The Morgan fingerprint density at radius 3 is 1.62 bits per heavy atom. The van der Waals surface area contributed by atoms with Gasteiger partial charge in [-0.05, 0) is 50.2 Å². The van der Waals surface area contributed by atoms with Crippen LogP contribution >= 0.6 is 0 Å². The zero-order valence-electron chi connectivity index (χ0n) is 26.6. The summed E-state index contributed by atoms with van der Waals surface area (Å²) < 4.78 is 26.2. The van der Waals surface area contributed by atoms with Crippen molar-refractivity contribution in [3.8, 4) is 34.5 Å². The number of rotatable bonds is 6. The van der Waals surface area contributed by atoms with E-state index >= 15 is 0 Å². The maximum Gasteiger partial charge on any atom is 0.339 e. The molecule has 8 rings (SSSR count). The van der Waals surface area contributed by atoms with E-state index in [0.717, 1.165) is 21.8 Å². The molecule has 15 nitrogen and oxygen atoms in total. The minimum Gasteiger partial charge on any atom is -0.504 e. The lowest BCUT2D eigenvalue weighted by molar-refractivity contribution is -0.106. The third-order valence-electron chi connectivity index (χ3n) is 7.16. The number of nitrogens with one attached hydrogen (secondary N) is 2. The van der Waals surface area contributed by atoms with Crippen molar-refractivity contribution in [2.45, 2.75) is 20.0 Å². The number of hydrogen-bond donors (Lipinski definition) is 4. The number of aromatic hydroxyl groups is 2. The maximum absolute atomic E-state index is 11.8. The van der Waals surface area contributed by atoms with Crippen LogP contribution in [0.15, 0.2) is 73.2 Å². The van der Waals surface area contributed by atoms with Gasteiger partial charge in [0, 0.05) is 40.6 Å². The van der Waals surface area contributed by atoms with Crippen LogP contribution in [0.2, 0.25) is 0 Å². The molecule has 5 heterocycles. The molecule has 0 radical (unpaired) electrons. The Balaban J connectivity index is 0.000000131. The van der Waals surface area contributed by atoms with Crippen molar-refractivity contribution in [2.75, 3.05) is 24.2 Å². The second-order valence-corrected chi connectivity index (χ2v) is 11.0. The summed E-state index contributed by atoms with van der Waals surface area (Å²) in [7, 11) is 0. The van der Waals surface area contributed by atoms with Crippen LogP contribution in [0.5, 0.6) is 34.5 Å². The summed E-state index contributed by atoms with van der Waals surface area (Å²) in [6.07, 6.45) is 5.58. The number of pyridine rings is 3. The van der Waals surface area contributed by atoms with Crippen molar-refractivity contribution in [3.05, 3.63) is 78.8 Å². The van der Waals surface area contributed by atoms with Gasteiger partial charge in [0.05, 0.1) is 52.0 Å². The van der Waals surface area contributed by atoms with E-state index in [0.29, 0.717) is 63.7 Å². The van der Waals surface area contributed by atoms with E-state index in [1.165, 1.54) is 24.5 Å². The first-order chi connectivity index (χ1) is 24.2. The normalized spacial score (nSPS) is 12.1. The molecule has 3 aromatic heterocycles. The van der Waals surface area contributed by atoms with E-state index in [-0.39, 0.29) is 37.2 Å². The molecule has 0 saturated carbocycles. The van der Waals surface area contributed by atoms with Crippen LogP contribution in [0.3, 0.4) is 0 Å². The first-order valence-electron chi connectivity index (χ1n) is 15.0. The van der Waals surface area contributed by atoms with Gasteiger partial charge in [-0.1, -0.05) is 0 Å². The minimum atomic E-state index is -0.373. The molecule has 0 bridgehead atoms. The van der Waals surface area contributed by atoms with Gasteiger partial charge in [0.15, 0.2) is 34.5 Å². The molecule has 6 aromatic rings. The van der Waals surface area contributed by atoms with Crippen LogP contribution < -0.4 is 29.6 Å². The fourth-order valence-corrected chi connectivity index (χ4v) is 4.88. The van der Waals surface area contributed by atoms with Crippen LogP contribution in [-0.4, -0.2) is 63.6 Å². The van der Waals surface area contributed by atoms with Crippen LogP contribution in [0.4, 0.5) is 11.4 Å². The molecule has 2 amide bonds. The van der Waals surface area contributed by atoms with Gasteiger partial charge in [0.1, 0.15) is 0 Å². The van der Waals surface area contributed by atoms with Crippen LogP contribution in [0.1, 0.15) is 24.2 Å². The predicted molar refractivity (Wildman–Crippen MR) is 181 cm³/mol. The number of ether oxygens (including phenoxy) is 5. The minimum absolute atomic E-state index is 0.153. The number of hydrogen-bond acceptors (Lipinski definition) is 13. The molecule has 0 unspecified atom stereocenters. The van der Waals surface area contributed by atoms with Gasteiger partial charge in [-0.3, -0.25) is 24.5 Å². The van der Waals surface area contributed by atoms with Crippen molar-refractivity contribution in [1.82, 2.24) is 15.0 Å². The average molecular weight is 680 g/mol. The van der Waals surface area contributed by atoms with Crippen LogP contribution in [0, 0.1) is 0 Å². The van der Waals surface area contributed by atoms with Gasteiger partial charge >= 0.3 is 5.97 Å². The number of aromatic nitrogens is 3. The summed E-state index contributed by atoms with van der Waals surface area (Å²) in [5.74, 6) is 1.95. The largest absolute Gasteiger partial charge is 0.504 e. The zero-order valence-corrected chi connectivity index (χ0v) is 26.6. The maximum atomic E-state index is 11.8. The summed E-state index contributed by atoms with van der Waals surface area (Å²) in [6, 6.07) is 15.3. The highest BCUT2D eigenvalue weighted by Crippen LogP contribution is 2.37. The number of benzene rings is 3. The average Bonchev–Trinajstić information content (AvgIpc) is 3.76. The van der Waals surface area contributed by atoms with E-state index in [2.05, 4.69) is 25.6 Å². The molecule has 0 spiro atoms. The number of carbonyl (C=O) groups excluding carboxylic acids is 3. The Labute approximate surface area is 283 Å². The number of phenolic OH excluding ortho intramolecular Hbond substituents is 2. The first kappa shape index (κ1) is 33.0. The monoisotopic (exact) mass is 679 g/mol. The molecule has 15 heteroatoms. The van der Waals surface area contributed by atoms with Gasteiger partial charge in [0.2, 0.25) is 26.4 Å². The number of esters is 1. The van der Waals surface area contributed by atoms with Gasteiger partial charge in [-0.15, -0.1) is 0 Å². The molecular formula is C35H29N5O10. The van der Waals surface area contributed by atoms with E-state index in [1.54, 1.807) is 24.4 Å². The molecule has 2 aliphatic heterocycles. The van der Waals surface area contributed by atoms with Crippen LogP contribution in [0.25, 0.3) is 32.7 Å².